The Balaban J connectivity index is 2.32. The van der Waals surface area contributed by atoms with Crippen LogP contribution in [0.25, 0.3) is 0 Å². The molecule has 0 radical (unpaired) electrons. The average molecular weight is 345 g/mol. The number of furan rings is 1. The molecule has 2 rings (SSSR count). The van der Waals surface area contributed by atoms with Crippen LogP contribution in [0.5, 0.6) is 0 Å². The maximum absolute atomic E-state index is 11.8. The van der Waals surface area contributed by atoms with Crippen LogP contribution in [0.1, 0.15) is 10.6 Å². The third-order valence-electron chi connectivity index (χ3n) is 2.24. The largest absolute Gasteiger partial charge is 0.444 e. The number of anilines is 1. The van der Waals surface area contributed by atoms with Crippen LogP contribution in [0.3, 0.4) is 0 Å². The number of hydrogen-bond donors (Lipinski definition) is 2. The molecule has 0 unspecified atom stereocenters. The van der Waals surface area contributed by atoms with Crippen molar-refractivity contribution in [3.8, 4) is 0 Å². The van der Waals surface area contributed by atoms with Crippen LogP contribution in [0.2, 0.25) is 0 Å². The van der Waals surface area contributed by atoms with E-state index >= 15 is 0 Å². The molecule has 1 heterocycles. The molecule has 0 saturated heterocycles. The van der Waals surface area contributed by atoms with Crippen LogP contribution in [0.4, 0.5) is 5.69 Å². The predicted molar refractivity (Wildman–Crippen MR) is 72.2 cm³/mol. The highest BCUT2D eigenvalue weighted by Crippen LogP contribution is 2.21. The maximum Gasteiger partial charge on any atom is 0.291 e. The minimum atomic E-state index is -3.91. The number of carbonyl (C=O) groups excluding carboxylic acids is 1. The third kappa shape index (κ3) is 3.22. The number of para-hydroxylation sites is 1. The Bertz CT molecular complexity index is 724. The van der Waals surface area contributed by atoms with Crippen molar-refractivity contribution in [3.63, 3.8) is 0 Å². The third-order valence-corrected chi connectivity index (χ3v) is 3.63. The van der Waals surface area contributed by atoms with Gasteiger partial charge in [-0.3, -0.25) is 4.79 Å². The molecule has 19 heavy (non-hydrogen) atoms. The van der Waals surface area contributed by atoms with E-state index in [1.165, 1.54) is 24.3 Å². The lowest BCUT2D eigenvalue weighted by Crippen LogP contribution is -2.18. The summed E-state index contributed by atoms with van der Waals surface area (Å²) in [6.45, 7) is 0. The van der Waals surface area contributed by atoms with Crippen molar-refractivity contribution in [2.75, 3.05) is 5.32 Å². The molecular weight excluding hydrogens is 336 g/mol. The van der Waals surface area contributed by atoms with E-state index in [-0.39, 0.29) is 16.3 Å². The first kappa shape index (κ1) is 13.8. The number of halogens is 1. The van der Waals surface area contributed by atoms with Crippen molar-refractivity contribution in [2.24, 2.45) is 5.14 Å². The van der Waals surface area contributed by atoms with Crippen LogP contribution in [0.15, 0.2) is 50.4 Å². The number of primary sulfonamides is 1. The van der Waals surface area contributed by atoms with Crippen LogP contribution in [-0.2, 0) is 10.0 Å². The van der Waals surface area contributed by atoms with Gasteiger partial charge in [0.1, 0.15) is 4.90 Å². The van der Waals surface area contributed by atoms with Crippen LogP contribution in [-0.4, -0.2) is 14.3 Å². The quantitative estimate of drug-likeness (QED) is 0.887. The summed E-state index contributed by atoms with van der Waals surface area (Å²) in [6.07, 6.45) is 0. The zero-order chi connectivity index (χ0) is 14.0. The number of rotatable bonds is 3. The SMILES string of the molecule is NS(=O)(=O)c1ccccc1NC(=O)c1ccc(Br)o1. The molecule has 3 N–H and O–H groups in total. The Labute approximate surface area is 117 Å². The van der Waals surface area contributed by atoms with E-state index in [9.17, 15) is 13.2 Å². The predicted octanol–water partition coefficient (Wildman–Crippen LogP) is 1.94. The number of amides is 1. The second-order valence-electron chi connectivity index (χ2n) is 3.60. The fourth-order valence-corrected chi connectivity index (χ4v) is 2.44. The van der Waals surface area contributed by atoms with Crippen molar-refractivity contribution in [1.82, 2.24) is 0 Å². The summed E-state index contributed by atoms with van der Waals surface area (Å²) >= 11 is 3.07. The molecule has 2 aromatic rings. The Hall–Kier alpha value is -1.64. The second kappa shape index (κ2) is 5.16. The Kier molecular flexibility index (Phi) is 3.74. The van der Waals surface area contributed by atoms with E-state index in [0.717, 1.165) is 0 Å². The summed E-state index contributed by atoms with van der Waals surface area (Å²) in [7, 11) is -3.91. The zero-order valence-electron chi connectivity index (χ0n) is 9.46. The molecule has 1 aromatic carbocycles. The molecule has 100 valence electrons. The van der Waals surface area contributed by atoms with Gasteiger partial charge in [0, 0.05) is 0 Å². The molecular formula is C11H9BrN2O4S. The average Bonchev–Trinajstić information content (AvgIpc) is 2.75. The summed E-state index contributed by atoms with van der Waals surface area (Å²) in [4.78, 5) is 11.7. The van der Waals surface area contributed by atoms with Gasteiger partial charge in [0.25, 0.3) is 5.91 Å². The van der Waals surface area contributed by atoms with Crippen molar-refractivity contribution in [3.05, 3.63) is 46.8 Å². The lowest BCUT2D eigenvalue weighted by atomic mass is 10.3. The highest BCUT2D eigenvalue weighted by atomic mass is 79.9. The standard InChI is InChI=1S/C11H9BrN2O4S/c12-10-6-5-8(18-10)11(15)14-7-3-1-2-4-9(7)19(13,16)17/h1-6H,(H,14,15)(H2,13,16,17). The molecule has 1 aromatic heterocycles. The molecule has 8 heteroatoms. The number of sulfonamides is 1. The fourth-order valence-electron chi connectivity index (χ4n) is 1.44. The van der Waals surface area contributed by atoms with Crippen LogP contribution in [0, 0.1) is 0 Å². The topological polar surface area (TPSA) is 102 Å². The highest BCUT2D eigenvalue weighted by molar-refractivity contribution is 9.10. The summed E-state index contributed by atoms with van der Waals surface area (Å²) in [5, 5.41) is 7.50. The summed E-state index contributed by atoms with van der Waals surface area (Å²) < 4.78 is 28.2. The Morgan fingerprint density at radius 1 is 1.21 bits per heavy atom. The number of nitrogens with one attached hydrogen (secondary N) is 1. The van der Waals surface area contributed by atoms with E-state index < -0.39 is 15.9 Å². The number of benzene rings is 1. The normalized spacial score (nSPS) is 11.3. The summed E-state index contributed by atoms with van der Waals surface area (Å²) in [5.41, 5.74) is 0.0996. The van der Waals surface area contributed by atoms with Gasteiger partial charge in [0.15, 0.2) is 10.4 Å². The molecule has 1 amide bonds. The minimum absolute atomic E-state index is 0.0519. The van der Waals surface area contributed by atoms with Gasteiger partial charge in [0.05, 0.1) is 5.69 Å². The van der Waals surface area contributed by atoms with Gasteiger partial charge in [-0.15, -0.1) is 0 Å². The summed E-state index contributed by atoms with van der Waals surface area (Å²) in [6, 6.07) is 8.86. The molecule has 6 nitrogen and oxygen atoms in total. The molecule has 0 fully saturated rings. The van der Waals surface area contributed by atoms with E-state index in [1.54, 1.807) is 12.1 Å². The first-order chi connectivity index (χ1) is 8.88. The van der Waals surface area contributed by atoms with E-state index in [1.807, 2.05) is 0 Å². The van der Waals surface area contributed by atoms with Gasteiger partial charge < -0.3 is 9.73 Å². The fraction of sp³-hybridized carbons (Fsp3) is 0. The second-order valence-corrected chi connectivity index (χ2v) is 5.91. The molecule has 0 spiro atoms. The number of hydrogen-bond acceptors (Lipinski definition) is 4. The molecule has 0 aliphatic carbocycles. The first-order valence-electron chi connectivity index (χ1n) is 5.06. The Morgan fingerprint density at radius 2 is 1.89 bits per heavy atom. The summed E-state index contributed by atoms with van der Waals surface area (Å²) in [5.74, 6) is -0.516. The van der Waals surface area contributed by atoms with Gasteiger partial charge in [-0.1, -0.05) is 12.1 Å². The van der Waals surface area contributed by atoms with Crippen molar-refractivity contribution in [1.29, 1.82) is 0 Å². The van der Waals surface area contributed by atoms with Gasteiger partial charge in [-0.05, 0) is 40.2 Å². The smallest absolute Gasteiger partial charge is 0.291 e. The van der Waals surface area contributed by atoms with Crippen LogP contribution < -0.4 is 10.5 Å². The zero-order valence-corrected chi connectivity index (χ0v) is 11.9. The molecule has 0 bridgehead atoms. The first-order valence-corrected chi connectivity index (χ1v) is 7.40. The number of nitrogens with two attached hydrogens (primary N) is 1. The van der Waals surface area contributed by atoms with Crippen molar-refractivity contribution in [2.45, 2.75) is 4.90 Å². The van der Waals surface area contributed by atoms with Crippen molar-refractivity contribution >= 4 is 37.5 Å². The Morgan fingerprint density at radius 3 is 2.47 bits per heavy atom. The molecule has 0 aliphatic heterocycles. The van der Waals surface area contributed by atoms with Gasteiger partial charge in [-0.25, -0.2) is 13.6 Å². The number of carbonyl (C=O) groups is 1. The molecule has 0 saturated carbocycles. The van der Waals surface area contributed by atoms with E-state index in [2.05, 4.69) is 21.2 Å². The van der Waals surface area contributed by atoms with Crippen molar-refractivity contribution < 1.29 is 17.6 Å². The van der Waals surface area contributed by atoms with Gasteiger partial charge in [0.2, 0.25) is 10.0 Å². The van der Waals surface area contributed by atoms with E-state index in [4.69, 9.17) is 9.56 Å². The van der Waals surface area contributed by atoms with E-state index in [0.29, 0.717) is 4.67 Å². The molecule has 0 atom stereocenters. The monoisotopic (exact) mass is 344 g/mol. The lowest BCUT2D eigenvalue weighted by molar-refractivity contribution is 0.0995. The van der Waals surface area contributed by atoms with Gasteiger partial charge in [-0.2, -0.15) is 0 Å². The molecule has 0 aliphatic rings. The lowest BCUT2D eigenvalue weighted by Gasteiger charge is -2.07. The minimum Gasteiger partial charge on any atom is -0.444 e. The highest BCUT2D eigenvalue weighted by Gasteiger charge is 2.17. The maximum atomic E-state index is 11.8. The van der Waals surface area contributed by atoms with Gasteiger partial charge >= 0.3 is 0 Å². The van der Waals surface area contributed by atoms with Crippen LogP contribution >= 0.6 is 15.9 Å².